The Labute approximate surface area is 169 Å². The van der Waals surface area contributed by atoms with Gasteiger partial charge in [0.1, 0.15) is 0 Å². The standard InChI is InChI=1S/C21H26ClN5O/c22-18-3-1-2-15(10-18)4-5-19-11-20(28)27-21(26-19)17(14-25-27)13-24-12-16-6-8-23-9-7-16/h1-3,10-11,14,16,23-25H,4-9,12-13H2. The van der Waals surface area contributed by atoms with Gasteiger partial charge in [-0.2, -0.15) is 0 Å². The molecule has 2 aromatic heterocycles. The highest BCUT2D eigenvalue weighted by atomic mass is 35.5. The number of benzene rings is 1. The lowest BCUT2D eigenvalue weighted by Gasteiger charge is -2.22. The molecule has 0 saturated carbocycles. The minimum atomic E-state index is -0.0734. The monoisotopic (exact) mass is 399 g/mol. The van der Waals surface area contributed by atoms with Crippen LogP contribution in [-0.4, -0.2) is 34.2 Å². The van der Waals surface area contributed by atoms with Gasteiger partial charge in [0.05, 0.1) is 0 Å². The Kier molecular flexibility index (Phi) is 6.10. The molecule has 1 aliphatic rings. The summed E-state index contributed by atoms with van der Waals surface area (Å²) in [4.78, 5) is 17.2. The Bertz CT molecular complexity index is 990. The molecule has 0 amide bonds. The van der Waals surface area contributed by atoms with Crippen molar-refractivity contribution >= 4 is 17.2 Å². The van der Waals surface area contributed by atoms with Crippen molar-refractivity contribution in [3.05, 3.63) is 68.7 Å². The second-order valence-electron chi connectivity index (χ2n) is 7.50. The minimum Gasteiger partial charge on any atom is -0.317 e. The summed E-state index contributed by atoms with van der Waals surface area (Å²) < 4.78 is 1.52. The molecule has 6 nitrogen and oxygen atoms in total. The zero-order valence-electron chi connectivity index (χ0n) is 15.9. The molecule has 0 spiro atoms. The third-order valence-electron chi connectivity index (χ3n) is 5.39. The van der Waals surface area contributed by atoms with Crippen molar-refractivity contribution < 1.29 is 0 Å². The summed E-state index contributed by atoms with van der Waals surface area (Å²) in [7, 11) is 0. The van der Waals surface area contributed by atoms with E-state index in [1.165, 1.54) is 17.4 Å². The average molecular weight is 400 g/mol. The number of aromatic nitrogens is 3. The highest BCUT2D eigenvalue weighted by Gasteiger charge is 2.13. The smallest absolute Gasteiger partial charge is 0.272 e. The fourth-order valence-electron chi connectivity index (χ4n) is 3.80. The van der Waals surface area contributed by atoms with Crippen LogP contribution in [0.5, 0.6) is 0 Å². The molecular weight excluding hydrogens is 374 g/mol. The van der Waals surface area contributed by atoms with Crippen LogP contribution in [0, 0.1) is 5.92 Å². The second kappa shape index (κ2) is 8.90. The van der Waals surface area contributed by atoms with Crippen molar-refractivity contribution in [3.63, 3.8) is 0 Å². The van der Waals surface area contributed by atoms with Crippen LogP contribution in [0.1, 0.15) is 29.7 Å². The van der Waals surface area contributed by atoms with Gasteiger partial charge in [0.2, 0.25) is 0 Å². The van der Waals surface area contributed by atoms with Crippen molar-refractivity contribution in [2.75, 3.05) is 19.6 Å². The van der Waals surface area contributed by atoms with Crippen LogP contribution in [0.2, 0.25) is 5.02 Å². The molecule has 148 valence electrons. The molecule has 7 heteroatoms. The van der Waals surface area contributed by atoms with Crippen LogP contribution >= 0.6 is 11.6 Å². The fourth-order valence-corrected chi connectivity index (χ4v) is 4.01. The van der Waals surface area contributed by atoms with Crippen LogP contribution < -0.4 is 16.2 Å². The quantitative estimate of drug-likeness (QED) is 0.570. The average Bonchev–Trinajstić information content (AvgIpc) is 3.11. The summed E-state index contributed by atoms with van der Waals surface area (Å²) in [5, 5.41) is 10.7. The van der Waals surface area contributed by atoms with Gasteiger partial charge in [0.15, 0.2) is 5.65 Å². The lowest BCUT2D eigenvalue weighted by atomic mass is 9.98. The predicted octanol–water partition coefficient (Wildman–Crippen LogP) is 2.55. The van der Waals surface area contributed by atoms with Gasteiger partial charge in [-0.1, -0.05) is 23.7 Å². The molecule has 4 rings (SSSR count). The number of halogens is 1. The number of fused-ring (bicyclic) bond motifs is 1. The number of nitrogens with zero attached hydrogens (tertiary/aromatic N) is 2. The van der Waals surface area contributed by atoms with E-state index in [4.69, 9.17) is 16.6 Å². The van der Waals surface area contributed by atoms with E-state index in [2.05, 4.69) is 15.7 Å². The molecule has 1 aromatic carbocycles. The van der Waals surface area contributed by atoms with Gasteiger partial charge in [0, 0.05) is 35.1 Å². The van der Waals surface area contributed by atoms with E-state index < -0.39 is 0 Å². The number of hydrogen-bond donors (Lipinski definition) is 3. The lowest BCUT2D eigenvalue weighted by Crippen LogP contribution is -2.33. The van der Waals surface area contributed by atoms with E-state index in [1.54, 1.807) is 6.07 Å². The van der Waals surface area contributed by atoms with Gasteiger partial charge in [-0.05, 0) is 68.9 Å². The van der Waals surface area contributed by atoms with Crippen LogP contribution in [0.3, 0.4) is 0 Å². The van der Waals surface area contributed by atoms with Gasteiger partial charge < -0.3 is 10.6 Å². The van der Waals surface area contributed by atoms with Gasteiger partial charge >= 0.3 is 0 Å². The van der Waals surface area contributed by atoms with Crippen molar-refractivity contribution in [2.45, 2.75) is 32.2 Å². The number of aromatic amines is 1. The molecule has 3 N–H and O–H groups in total. The third kappa shape index (κ3) is 4.63. The van der Waals surface area contributed by atoms with Crippen LogP contribution in [0.15, 0.2) is 41.3 Å². The molecule has 1 saturated heterocycles. The molecule has 0 bridgehead atoms. The topological polar surface area (TPSA) is 74.2 Å². The highest BCUT2D eigenvalue weighted by molar-refractivity contribution is 6.30. The number of piperidine rings is 1. The Morgan fingerprint density at radius 1 is 1.21 bits per heavy atom. The molecule has 0 unspecified atom stereocenters. The van der Waals surface area contributed by atoms with E-state index in [0.29, 0.717) is 18.6 Å². The number of H-pyrrole nitrogens is 1. The van der Waals surface area contributed by atoms with E-state index in [0.717, 1.165) is 53.8 Å². The molecular formula is C21H26ClN5O. The van der Waals surface area contributed by atoms with Crippen LogP contribution in [0.25, 0.3) is 5.65 Å². The van der Waals surface area contributed by atoms with Gasteiger partial charge in [-0.15, -0.1) is 0 Å². The summed E-state index contributed by atoms with van der Waals surface area (Å²) in [6, 6.07) is 9.43. The summed E-state index contributed by atoms with van der Waals surface area (Å²) in [5.41, 5.74) is 3.62. The molecule has 0 radical (unpaired) electrons. The first kappa shape index (κ1) is 19.2. The predicted molar refractivity (Wildman–Crippen MR) is 112 cm³/mol. The summed E-state index contributed by atoms with van der Waals surface area (Å²) in [6.07, 6.45) is 5.81. The maximum Gasteiger partial charge on any atom is 0.272 e. The first-order valence-electron chi connectivity index (χ1n) is 9.94. The third-order valence-corrected chi connectivity index (χ3v) is 5.63. The zero-order valence-corrected chi connectivity index (χ0v) is 16.6. The van der Waals surface area contributed by atoms with Crippen molar-refractivity contribution in [1.29, 1.82) is 0 Å². The summed E-state index contributed by atoms with van der Waals surface area (Å²) in [6.45, 7) is 3.91. The summed E-state index contributed by atoms with van der Waals surface area (Å²) in [5.74, 6) is 0.718. The van der Waals surface area contributed by atoms with Gasteiger partial charge in [-0.3, -0.25) is 9.89 Å². The zero-order chi connectivity index (χ0) is 19.3. The summed E-state index contributed by atoms with van der Waals surface area (Å²) >= 11 is 6.06. The van der Waals surface area contributed by atoms with Gasteiger partial charge in [-0.25, -0.2) is 9.50 Å². The van der Waals surface area contributed by atoms with E-state index in [9.17, 15) is 4.79 Å². The first-order chi connectivity index (χ1) is 13.7. The fraction of sp³-hybridized carbons (Fsp3) is 0.429. The molecule has 1 aliphatic heterocycles. The molecule has 3 aromatic rings. The molecule has 3 heterocycles. The van der Waals surface area contributed by atoms with Crippen LogP contribution in [0.4, 0.5) is 0 Å². The molecule has 28 heavy (non-hydrogen) atoms. The SMILES string of the molecule is O=c1cc(CCc2cccc(Cl)c2)nc2c(CNCC3CCNCC3)c[nH]n12. The Morgan fingerprint density at radius 2 is 2.07 bits per heavy atom. The highest BCUT2D eigenvalue weighted by Crippen LogP contribution is 2.14. The largest absolute Gasteiger partial charge is 0.317 e. The number of rotatable bonds is 7. The second-order valence-corrected chi connectivity index (χ2v) is 7.93. The van der Waals surface area contributed by atoms with E-state index in [1.807, 2.05) is 30.5 Å². The lowest BCUT2D eigenvalue weighted by molar-refractivity contribution is 0.356. The Morgan fingerprint density at radius 3 is 2.89 bits per heavy atom. The first-order valence-corrected chi connectivity index (χ1v) is 10.3. The maximum atomic E-state index is 12.4. The number of aryl methyl sites for hydroxylation is 2. The molecule has 0 aliphatic carbocycles. The van der Waals surface area contributed by atoms with Gasteiger partial charge in [0.25, 0.3) is 5.56 Å². The van der Waals surface area contributed by atoms with Crippen molar-refractivity contribution in [3.8, 4) is 0 Å². The number of hydrogen-bond acceptors (Lipinski definition) is 4. The van der Waals surface area contributed by atoms with Crippen molar-refractivity contribution in [2.24, 2.45) is 5.92 Å². The van der Waals surface area contributed by atoms with E-state index in [-0.39, 0.29) is 5.56 Å². The van der Waals surface area contributed by atoms with Crippen LogP contribution in [-0.2, 0) is 19.4 Å². The van der Waals surface area contributed by atoms with E-state index >= 15 is 0 Å². The Hall–Kier alpha value is -2.15. The normalized spacial score (nSPS) is 15.3. The maximum absolute atomic E-state index is 12.4. The minimum absolute atomic E-state index is 0.0734. The molecule has 0 atom stereocenters. The van der Waals surface area contributed by atoms with Crippen molar-refractivity contribution in [1.82, 2.24) is 25.2 Å². The Balaban J connectivity index is 1.44. The molecule has 1 fully saturated rings. The number of nitrogens with one attached hydrogen (secondary N) is 3.